The summed E-state index contributed by atoms with van der Waals surface area (Å²) in [6, 6.07) is 9.90. The van der Waals surface area contributed by atoms with Gasteiger partial charge in [-0.3, -0.25) is 4.79 Å². The Morgan fingerprint density at radius 1 is 1.21 bits per heavy atom. The van der Waals surface area contributed by atoms with Crippen molar-refractivity contribution in [2.45, 2.75) is 24.1 Å². The highest BCUT2D eigenvalue weighted by Gasteiger charge is 2.07. The van der Waals surface area contributed by atoms with Gasteiger partial charge in [0, 0.05) is 12.8 Å². The molecule has 0 aliphatic carbocycles. The molecular formula is C11H12Cl2O. The molecule has 0 unspecified atom stereocenters. The fraction of sp³-hybridized carbons (Fsp3) is 0.364. The van der Waals surface area contributed by atoms with Crippen LogP contribution in [0, 0.1) is 0 Å². The number of carbonyl (C=O) groups is 1. The SMILES string of the molecule is O=C(CCc1ccccc1)CC(Cl)Cl. The Balaban J connectivity index is 2.31. The number of carbonyl (C=O) groups excluding carboxylic acids is 1. The van der Waals surface area contributed by atoms with Crippen molar-refractivity contribution in [3.63, 3.8) is 0 Å². The zero-order valence-corrected chi connectivity index (χ0v) is 9.26. The van der Waals surface area contributed by atoms with Gasteiger partial charge < -0.3 is 0 Å². The minimum Gasteiger partial charge on any atom is -0.300 e. The quantitative estimate of drug-likeness (QED) is 0.710. The lowest BCUT2D eigenvalue weighted by atomic mass is 10.1. The molecule has 0 amide bonds. The lowest BCUT2D eigenvalue weighted by Crippen LogP contribution is -2.04. The minimum atomic E-state index is -0.571. The number of ketones is 1. The first-order valence-corrected chi connectivity index (χ1v) is 5.39. The van der Waals surface area contributed by atoms with Crippen LogP contribution in [0.4, 0.5) is 0 Å². The van der Waals surface area contributed by atoms with Gasteiger partial charge in [0.25, 0.3) is 0 Å². The van der Waals surface area contributed by atoms with Crippen molar-refractivity contribution in [2.75, 3.05) is 0 Å². The largest absolute Gasteiger partial charge is 0.300 e. The Hall–Kier alpha value is -0.530. The van der Waals surface area contributed by atoms with Gasteiger partial charge in [0.15, 0.2) is 0 Å². The van der Waals surface area contributed by atoms with Crippen LogP contribution in [0.1, 0.15) is 18.4 Å². The molecule has 0 aromatic heterocycles. The second-order valence-corrected chi connectivity index (χ2v) is 4.40. The summed E-state index contributed by atoms with van der Waals surface area (Å²) in [7, 11) is 0. The molecule has 1 aromatic carbocycles. The second-order valence-electron chi connectivity index (χ2n) is 3.12. The Morgan fingerprint density at radius 2 is 1.86 bits per heavy atom. The number of rotatable bonds is 5. The highest BCUT2D eigenvalue weighted by atomic mass is 35.5. The van der Waals surface area contributed by atoms with E-state index in [4.69, 9.17) is 23.2 Å². The topological polar surface area (TPSA) is 17.1 Å². The maximum atomic E-state index is 11.3. The summed E-state index contributed by atoms with van der Waals surface area (Å²) in [6.07, 6.45) is 1.52. The molecule has 0 heterocycles. The molecule has 0 fully saturated rings. The third-order valence-corrected chi connectivity index (χ3v) is 2.23. The van der Waals surface area contributed by atoms with Gasteiger partial charge >= 0.3 is 0 Å². The Labute approximate surface area is 94.0 Å². The fourth-order valence-corrected chi connectivity index (χ4v) is 1.55. The highest BCUT2D eigenvalue weighted by Crippen LogP contribution is 2.10. The van der Waals surface area contributed by atoms with Gasteiger partial charge in [0.05, 0.1) is 0 Å². The number of hydrogen-bond donors (Lipinski definition) is 0. The summed E-state index contributed by atoms with van der Waals surface area (Å²) in [5, 5.41) is 0. The van der Waals surface area contributed by atoms with Gasteiger partial charge in [-0.05, 0) is 12.0 Å². The first-order valence-electron chi connectivity index (χ1n) is 4.52. The van der Waals surface area contributed by atoms with E-state index >= 15 is 0 Å². The lowest BCUT2D eigenvalue weighted by molar-refractivity contribution is -0.118. The smallest absolute Gasteiger partial charge is 0.135 e. The van der Waals surface area contributed by atoms with Gasteiger partial charge in [-0.25, -0.2) is 0 Å². The average molecular weight is 231 g/mol. The maximum Gasteiger partial charge on any atom is 0.135 e. The maximum absolute atomic E-state index is 11.3. The molecule has 0 radical (unpaired) electrons. The van der Waals surface area contributed by atoms with E-state index in [1.807, 2.05) is 30.3 Å². The molecule has 76 valence electrons. The molecule has 0 N–H and O–H groups in total. The number of hydrogen-bond acceptors (Lipinski definition) is 1. The van der Waals surface area contributed by atoms with E-state index in [0.717, 1.165) is 6.42 Å². The monoisotopic (exact) mass is 230 g/mol. The summed E-state index contributed by atoms with van der Waals surface area (Å²) in [5.74, 6) is 0.115. The summed E-state index contributed by atoms with van der Waals surface area (Å²) < 4.78 is 0. The van der Waals surface area contributed by atoms with Crippen molar-refractivity contribution in [3.8, 4) is 0 Å². The van der Waals surface area contributed by atoms with Gasteiger partial charge in [0.1, 0.15) is 10.6 Å². The van der Waals surface area contributed by atoms with Gasteiger partial charge in [-0.15, -0.1) is 23.2 Å². The van der Waals surface area contributed by atoms with E-state index in [1.165, 1.54) is 5.56 Å². The first-order chi connectivity index (χ1) is 6.68. The van der Waals surface area contributed by atoms with Gasteiger partial charge in [-0.1, -0.05) is 30.3 Å². The standard InChI is InChI=1S/C11H12Cl2O/c12-11(13)8-10(14)7-6-9-4-2-1-3-5-9/h1-5,11H,6-8H2. The van der Waals surface area contributed by atoms with Crippen LogP contribution in [0.2, 0.25) is 0 Å². The predicted octanol–water partition coefficient (Wildman–Crippen LogP) is 3.38. The molecule has 0 aliphatic heterocycles. The Bertz CT molecular complexity index is 283. The van der Waals surface area contributed by atoms with Crippen LogP contribution in [0.15, 0.2) is 30.3 Å². The van der Waals surface area contributed by atoms with Crippen LogP contribution in [0.5, 0.6) is 0 Å². The van der Waals surface area contributed by atoms with E-state index in [1.54, 1.807) is 0 Å². The fourth-order valence-electron chi connectivity index (χ4n) is 1.20. The normalized spacial score (nSPS) is 10.5. The second kappa shape index (κ2) is 6.05. The molecule has 0 aliphatic rings. The van der Waals surface area contributed by atoms with Gasteiger partial charge in [0.2, 0.25) is 0 Å². The molecule has 0 saturated carbocycles. The van der Waals surface area contributed by atoms with Crippen molar-refractivity contribution >= 4 is 29.0 Å². The third-order valence-electron chi connectivity index (χ3n) is 1.92. The van der Waals surface area contributed by atoms with Crippen LogP contribution in [0.3, 0.4) is 0 Å². The molecule has 1 rings (SSSR count). The van der Waals surface area contributed by atoms with Crippen LogP contribution in [-0.4, -0.2) is 10.6 Å². The van der Waals surface area contributed by atoms with Crippen LogP contribution in [-0.2, 0) is 11.2 Å². The summed E-state index contributed by atoms with van der Waals surface area (Å²) in [6.45, 7) is 0. The molecule has 0 saturated heterocycles. The van der Waals surface area contributed by atoms with E-state index < -0.39 is 4.84 Å². The lowest BCUT2D eigenvalue weighted by Gasteiger charge is -2.01. The number of benzene rings is 1. The first kappa shape index (κ1) is 11.5. The van der Waals surface area contributed by atoms with E-state index in [0.29, 0.717) is 6.42 Å². The van der Waals surface area contributed by atoms with Crippen molar-refractivity contribution < 1.29 is 4.79 Å². The van der Waals surface area contributed by atoms with Crippen LogP contribution < -0.4 is 0 Å². The van der Waals surface area contributed by atoms with Crippen molar-refractivity contribution in [2.24, 2.45) is 0 Å². The van der Waals surface area contributed by atoms with Crippen molar-refractivity contribution in [1.29, 1.82) is 0 Å². The molecule has 3 heteroatoms. The Morgan fingerprint density at radius 3 is 2.43 bits per heavy atom. The molecule has 0 spiro atoms. The van der Waals surface area contributed by atoms with E-state index in [-0.39, 0.29) is 12.2 Å². The zero-order chi connectivity index (χ0) is 10.4. The third kappa shape index (κ3) is 4.64. The predicted molar refractivity (Wildman–Crippen MR) is 59.9 cm³/mol. The van der Waals surface area contributed by atoms with Crippen LogP contribution >= 0.6 is 23.2 Å². The average Bonchev–Trinajstić information content (AvgIpc) is 2.15. The molecule has 1 aromatic rings. The van der Waals surface area contributed by atoms with Gasteiger partial charge in [-0.2, -0.15) is 0 Å². The number of Topliss-reactive ketones (excluding diaryl/α,β-unsaturated/α-hetero) is 1. The summed E-state index contributed by atoms with van der Waals surface area (Å²) in [4.78, 5) is 10.7. The summed E-state index contributed by atoms with van der Waals surface area (Å²) in [5.41, 5.74) is 1.17. The molecule has 0 bridgehead atoms. The molecule has 14 heavy (non-hydrogen) atoms. The highest BCUT2D eigenvalue weighted by molar-refractivity contribution is 6.45. The van der Waals surface area contributed by atoms with Crippen LogP contribution in [0.25, 0.3) is 0 Å². The Kier molecular flexibility index (Phi) is 4.99. The number of halogens is 2. The molecular weight excluding hydrogens is 219 g/mol. The number of aryl methyl sites for hydroxylation is 1. The van der Waals surface area contributed by atoms with E-state index in [2.05, 4.69) is 0 Å². The molecule has 0 atom stereocenters. The van der Waals surface area contributed by atoms with Crippen molar-refractivity contribution in [1.82, 2.24) is 0 Å². The number of alkyl halides is 2. The van der Waals surface area contributed by atoms with E-state index in [9.17, 15) is 4.79 Å². The minimum absolute atomic E-state index is 0.115. The van der Waals surface area contributed by atoms with Crippen molar-refractivity contribution in [3.05, 3.63) is 35.9 Å². The molecule has 1 nitrogen and oxygen atoms in total. The summed E-state index contributed by atoms with van der Waals surface area (Å²) >= 11 is 11.0. The zero-order valence-electron chi connectivity index (χ0n) is 7.75.